The number of carboxylic acids is 2. The molecule has 0 aliphatic carbocycles. The minimum atomic E-state index is -1.39. The largest absolute Gasteiger partial charge is 0.481 e. The van der Waals surface area contributed by atoms with Crippen LogP contribution >= 0.6 is 37.0 Å². The number of aliphatic carboxylic acids is 2. The van der Waals surface area contributed by atoms with E-state index in [0.29, 0.717) is 18.6 Å². The predicted octanol–water partition coefficient (Wildman–Crippen LogP) is -7.95. The van der Waals surface area contributed by atoms with Crippen LogP contribution in [0.4, 0.5) is 0 Å². The van der Waals surface area contributed by atoms with Crippen molar-refractivity contribution in [1.82, 2.24) is 57.7 Å². The lowest BCUT2D eigenvalue weighted by atomic mass is 10.1. The molecule has 11 amide bonds. The van der Waals surface area contributed by atoms with Crippen molar-refractivity contribution in [3.63, 3.8) is 0 Å². The van der Waals surface area contributed by atoms with Gasteiger partial charge in [0.25, 0.3) is 0 Å². The third kappa shape index (κ3) is 28.8. The molecule has 11 atom stereocenters. The number of hydrogen-bond donors (Lipinski definition) is 20. The summed E-state index contributed by atoms with van der Waals surface area (Å²) in [6, 6.07) is -14.1. The summed E-state index contributed by atoms with van der Waals surface area (Å²) in [5, 5.41) is 41.1. The summed E-state index contributed by atoms with van der Waals surface area (Å²) in [6.07, 6.45) is 2.48. The first-order valence-corrected chi connectivity index (χ1v) is 32.0. The Bertz CT molecular complexity index is 2630. The highest BCUT2D eigenvalue weighted by atomic mass is 32.2. The van der Waals surface area contributed by atoms with Crippen molar-refractivity contribution in [3.05, 3.63) is 0 Å². The van der Waals surface area contributed by atoms with Crippen molar-refractivity contribution in [3.8, 4) is 0 Å². The van der Waals surface area contributed by atoms with Crippen molar-refractivity contribution in [2.75, 3.05) is 62.8 Å². The first-order valence-electron chi connectivity index (χ1n) is 29.3. The maximum atomic E-state index is 14.6. The van der Waals surface area contributed by atoms with Crippen LogP contribution in [-0.2, 0) is 62.3 Å². The molecule has 0 aromatic heterocycles. The number of thiol groups is 2. The Labute approximate surface area is 541 Å². The molecule has 2 aliphatic rings. The molecule has 2 fully saturated rings. The monoisotopic (exact) mass is 1350 g/mol. The van der Waals surface area contributed by atoms with Gasteiger partial charge in [0.2, 0.25) is 65.0 Å². The second-order valence-corrected chi connectivity index (χ2v) is 23.1. The molecule has 0 saturated carbocycles. The number of hydrogen-bond acceptors (Lipinski definition) is 20. The third-order valence-corrected chi connectivity index (χ3v) is 15.6. The number of carboxylic acid groups (broad SMARTS) is 2. The number of aliphatic imine (C=N–C) groups is 3. The molecule has 2 aliphatic heterocycles. The Morgan fingerprint density at radius 3 is 1.37 bits per heavy atom. The molecule has 0 aromatic carbocycles. The maximum absolute atomic E-state index is 14.6. The molecule has 2 heterocycles. The lowest BCUT2D eigenvalue weighted by molar-refractivity contribution is -0.144. The van der Waals surface area contributed by atoms with Crippen LogP contribution in [0.1, 0.15) is 97.3 Å². The molecule has 2 saturated heterocycles. The minimum absolute atomic E-state index is 0.0301. The quantitative estimate of drug-likeness (QED) is 0.0117. The molecule has 25 N–H and O–H groups in total. The van der Waals surface area contributed by atoms with Gasteiger partial charge < -0.3 is 108 Å². The minimum Gasteiger partial charge on any atom is -0.481 e. The summed E-state index contributed by atoms with van der Waals surface area (Å²) in [4.78, 5) is 187. The first kappa shape index (κ1) is 79.0. The normalized spacial score (nSPS) is 17.2. The van der Waals surface area contributed by atoms with Crippen LogP contribution in [-0.4, -0.2) is 244 Å². The zero-order chi connectivity index (χ0) is 68.5. The summed E-state index contributed by atoms with van der Waals surface area (Å²) in [5.74, 6) is -12.2. The topological polar surface area (TPSA) is 596 Å². The van der Waals surface area contributed by atoms with E-state index in [1.54, 1.807) is 0 Å². The van der Waals surface area contributed by atoms with E-state index in [4.69, 9.17) is 40.1 Å². The first-order chi connectivity index (χ1) is 42.9. The third-order valence-electron chi connectivity index (χ3n) is 14.2. The van der Waals surface area contributed by atoms with Crippen LogP contribution in [0.3, 0.4) is 0 Å². The van der Waals surface area contributed by atoms with Crippen LogP contribution in [0.5, 0.6) is 0 Å². The van der Waals surface area contributed by atoms with Gasteiger partial charge in [-0.15, -0.1) is 0 Å². The summed E-state index contributed by atoms with van der Waals surface area (Å²) < 4.78 is 0. The highest BCUT2D eigenvalue weighted by molar-refractivity contribution is 7.98. The van der Waals surface area contributed by atoms with Gasteiger partial charge in [0.15, 0.2) is 17.9 Å². The Hall–Kier alpha value is -8.07. The van der Waals surface area contributed by atoms with E-state index in [2.05, 4.69) is 88.1 Å². The van der Waals surface area contributed by atoms with Gasteiger partial charge in [-0.05, 0) is 103 Å². The molecule has 36 nitrogen and oxygen atoms in total. The van der Waals surface area contributed by atoms with Crippen molar-refractivity contribution in [2.24, 2.45) is 55.1 Å². The summed E-state index contributed by atoms with van der Waals surface area (Å²) in [6.45, 7) is 2.10. The van der Waals surface area contributed by atoms with Gasteiger partial charge in [0.05, 0.1) is 12.6 Å². The molecule has 11 unspecified atom stereocenters. The number of nitrogens with zero attached hydrogens (tertiary/aromatic N) is 5. The molecule has 0 bridgehead atoms. The van der Waals surface area contributed by atoms with Gasteiger partial charge in [-0.25, -0.2) is 4.79 Å². The van der Waals surface area contributed by atoms with Gasteiger partial charge in [0.1, 0.15) is 60.4 Å². The molecule has 0 aromatic rings. The smallest absolute Gasteiger partial charge is 0.326 e. The fraction of sp³-hybridized carbons (Fsp3) is 0.692. The van der Waals surface area contributed by atoms with Crippen LogP contribution in [0.2, 0.25) is 0 Å². The number of rotatable bonds is 41. The van der Waals surface area contributed by atoms with E-state index in [1.807, 2.05) is 6.26 Å². The van der Waals surface area contributed by atoms with Crippen molar-refractivity contribution in [1.29, 1.82) is 0 Å². The highest BCUT2D eigenvalue weighted by Gasteiger charge is 2.42. The second kappa shape index (κ2) is 41.3. The Kier molecular flexibility index (Phi) is 35.9. The highest BCUT2D eigenvalue weighted by Crippen LogP contribution is 2.23. The summed E-state index contributed by atoms with van der Waals surface area (Å²) >= 11 is 9.86. The number of carbonyl (C=O) groups is 13. The van der Waals surface area contributed by atoms with Crippen molar-refractivity contribution in [2.45, 2.75) is 164 Å². The van der Waals surface area contributed by atoms with E-state index in [-0.39, 0.29) is 126 Å². The summed E-state index contributed by atoms with van der Waals surface area (Å²) in [5.41, 5.74) is 38.6. The van der Waals surface area contributed by atoms with Crippen LogP contribution < -0.4 is 88.0 Å². The average Bonchev–Trinajstić information content (AvgIpc) is 1.78. The molecule has 39 heteroatoms. The van der Waals surface area contributed by atoms with E-state index in [0.717, 1.165) is 0 Å². The van der Waals surface area contributed by atoms with E-state index < -0.39 is 156 Å². The Balaban J connectivity index is 2.25. The molecular weight excluding hydrogens is 1250 g/mol. The van der Waals surface area contributed by atoms with Gasteiger partial charge in [-0.2, -0.15) is 37.0 Å². The number of carbonyl (C=O) groups excluding carboxylic acids is 11. The number of guanidine groups is 3. The second-order valence-electron chi connectivity index (χ2n) is 21.4. The number of nitrogens with two attached hydrogens (primary N) is 7. The standard InChI is InChI=1S/C52H91N21O15S3/c1-26(64-42(80)29(14-15-38(75)76)67-41(79)28(53)16-22-91-3)39(77)63-23-37(74)66-30(9-4-17-60-50(54)55)47(85)72-20-7-12-35(72)45(83)68-31(10-5-18-61-51(56)57)48(86)73-21-8-13-36(73)46(84)71-34(25-90)44(82)70-33(24-89)43(81)65-27(2)40(78)69-32(49(87)88)11-6-19-62-52(58)59/h26-36,89-90H,4-25,53H2,1-3H3,(H,63,77)(H,64,80)(H,65,81)(H,66,74)(H,67,79)(H,68,83)(H,69,78)(H,70,82)(H,71,84)(H,75,76)(H,87,88)(H4,54,55,60)(H4,56,57,61)(H4,58,59,62). The Morgan fingerprint density at radius 1 is 0.516 bits per heavy atom. The average molecular weight is 1350 g/mol. The molecule has 91 heavy (non-hydrogen) atoms. The van der Waals surface area contributed by atoms with Crippen LogP contribution in [0.25, 0.3) is 0 Å². The van der Waals surface area contributed by atoms with Gasteiger partial charge >= 0.3 is 11.9 Å². The van der Waals surface area contributed by atoms with Gasteiger partial charge in [-0.1, -0.05) is 0 Å². The lowest BCUT2D eigenvalue weighted by Crippen LogP contribution is -2.60. The maximum Gasteiger partial charge on any atom is 0.326 e. The van der Waals surface area contributed by atoms with Crippen molar-refractivity contribution >= 4 is 132 Å². The van der Waals surface area contributed by atoms with E-state index in [9.17, 15) is 72.5 Å². The fourth-order valence-corrected chi connectivity index (χ4v) is 10.3. The molecule has 2 rings (SSSR count). The number of likely N-dealkylation sites (tertiary alicyclic amines) is 2. The molecule has 0 spiro atoms. The zero-order valence-corrected chi connectivity index (χ0v) is 53.8. The predicted molar refractivity (Wildman–Crippen MR) is 342 cm³/mol. The Morgan fingerprint density at radius 2 is 0.923 bits per heavy atom. The summed E-state index contributed by atoms with van der Waals surface area (Å²) in [7, 11) is 0. The van der Waals surface area contributed by atoms with Crippen molar-refractivity contribution < 1.29 is 72.5 Å². The van der Waals surface area contributed by atoms with Crippen LogP contribution in [0, 0.1) is 0 Å². The zero-order valence-electron chi connectivity index (χ0n) is 51.2. The van der Waals surface area contributed by atoms with E-state index >= 15 is 0 Å². The van der Waals surface area contributed by atoms with Gasteiger partial charge in [-0.3, -0.25) is 72.5 Å². The number of amides is 11. The fourth-order valence-electron chi connectivity index (χ4n) is 9.30. The molecular formula is C52H91N21O15S3. The SMILES string of the molecule is CSCCC(N)C(=O)NC(CCC(=O)O)C(=O)NC(C)C(=O)NCC(=O)NC(CCCN=C(N)N)C(=O)N1CCCC1C(=O)NC(CCCN=C(N)N)C(=O)N1CCCC1C(=O)NC(CS)C(=O)NC(CS)C(=O)NC(C)C(=O)NC(CCCN=C(N)N)C(=O)O. The number of thioether (sulfide) groups is 1. The lowest BCUT2D eigenvalue weighted by Gasteiger charge is -2.32. The van der Waals surface area contributed by atoms with Crippen LogP contribution in [0.15, 0.2) is 15.0 Å². The molecule has 512 valence electrons. The van der Waals surface area contributed by atoms with Gasteiger partial charge in [0, 0.05) is 50.7 Å². The molecule has 0 radical (unpaired) electrons. The number of nitrogens with one attached hydrogen (secondary N) is 9. The van der Waals surface area contributed by atoms with E-state index in [1.165, 1.54) is 35.4 Å².